The van der Waals surface area contributed by atoms with Crippen LogP contribution < -0.4 is 4.90 Å². The van der Waals surface area contributed by atoms with Crippen molar-refractivity contribution in [1.29, 1.82) is 5.26 Å². The number of fused-ring (bicyclic) bond motifs is 5. The van der Waals surface area contributed by atoms with Crippen molar-refractivity contribution in [1.82, 2.24) is 0 Å². The van der Waals surface area contributed by atoms with Crippen molar-refractivity contribution >= 4 is 17.5 Å². The summed E-state index contributed by atoms with van der Waals surface area (Å²) in [7, 11) is 0. The van der Waals surface area contributed by atoms with Crippen LogP contribution >= 0.6 is 0 Å². The number of ether oxygens (including phenoxy) is 1. The molecule has 154 valence electrons. The van der Waals surface area contributed by atoms with Crippen LogP contribution in [0, 0.1) is 30.1 Å². The zero-order chi connectivity index (χ0) is 21.7. The summed E-state index contributed by atoms with van der Waals surface area (Å²) in [5, 5.41) is 29.7. The van der Waals surface area contributed by atoms with Gasteiger partial charge in [0.2, 0.25) is 11.8 Å². The number of aliphatic hydroxyl groups excluding tert-OH is 2. The van der Waals surface area contributed by atoms with E-state index in [0.717, 1.165) is 19.1 Å². The van der Waals surface area contributed by atoms with Crippen molar-refractivity contribution in [3.05, 3.63) is 28.8 Å². The zero-order valence-electron chi connectivity index (χ0n) is 15.6. The third kappa shape index (κ3) is 2.18. The maximum atomic E-state index is 13.5. The summed E-state index contributed by atoms with van der Waals surface area (Å²) in [6.45, 7) is 3.89. The number of nitriles is 1. The van der Waals surface area contributed by atoms with E-state index in [0.29, 0.717) is 4.90 Å². The molecule has 4 rings (SSSR count). The molecule has 2 bridgehead atoms. The number of aliphatic hydroxyl groups is 2. The Morgan fingerprint density at radius 3 is 2.00 bits per heavy atom. The molecule has 3 fully saturated rings. The lowest BCUT2D eigenvalue weighted by Crippen LogP contribution is -2.57. The van der Waals surface area contributed by atoms with Gasteiger partial charge in [-0.25, -0.2) is 4.90 Å². The predicted octanol–water partition coefficient (Wildman–Crippen LogP) is 1.27. The monoisotopic (exact) mass is 410 g/mol. The minimum atomic E-state index is -4.86. The zero-order valence-corrected chi connectivity index (χ0v) is 15.6. The van der Waals surface area contributed by atoms with E-state index in [9.17, 15) is 33.0 Å². The number of nitrogens with zero attached hydrogens (tertiary/aromatic N) is 2. The Labute approximate surface area is 163 Å². The van der Waals surface area contributed by atoms with Gasteiger partial charge in [0.1, 0.15) is 23.4 Å². The molecule has 0 unspecified atom stereocenters. The standard InChI is InChI=1S/C19H17F3N2O5/c1-7-9(5-4-8(6-23)10(7)19(20,21)22)24-15(27)11-12(16(24)28)18(3)14(26)13(25)17(11,2)29-18/h4-5,11-14,25-26H,1-3H3/t11-,12+,13-,14-,17+,18-/m1/s1. The van der Waals surface area contributed by atoms with Gasteiger partial charge in [0.05, 0.1) is 34.7 Å². The molecule has 6 atom stereocenters. The van der Waals surface area contributed by atoms with E-state index in [4.69, 9.17) is 10.00 Å². The number of anilines is 1. The molecule has 2 N–H and O–H groups in total. The van der Waals surface area contributed by atoms with Gasteiger partial charge in [0, 0.05) is 0 Å². The first kappa shape index (κ1) is 19.8. The number of benzene rings is 1. The fourth-order valence-electron chi connectivity index (χ4n) is 5.18. The van der Waals surface area contributed by atoms with Gasteiger partial charge < -0.3 is 14.9 Å². The molecule has 3 heterocycles. The average molecular weight is 410 g/mol. The van der Waals surface area contributed by atoms with Crippen LogP contribution in [0.4, 0.5) is 18.9 Å². The highest BCUT2D eigenvalue weighted by atomic mass is 19.4. The van der Waals surface area contributed by atoms with Gasteiger partial charge in [0.15, 0.2) is 0 Å². The van der Waals surface area contributed by atoms with Crippen LogP contribution in [0.5, 0.6) is 0 Å². The van der Waals surface area contributed by atoms with Gasteiger partial charge in [-0.1, -0.05) is 0 Å². The molecule has 3 aliphatic rings. The number of alkyl halides is 3. The second-order valence-corrected chi connectivity index (χ2v) is 8.07. The third-order valence-corrected chi connectivity index (χ3v) is 6.54. The van der Waals surface area contributed by atoms with Crippen molar-refractivity contribution in [3.63, 3.8) is 0 Å². The maximum Gasteiger partial charge on any atom is 0.418 e. The molecule has 1 aromatic carbocycles. The van der Waals surface area contributed by atoms with Crippen LogP contribution in [0.1, 0.15) is 30.5 Å². The molecule has 0 spiro atoms. The number of carbonyl (C=O) groups excluding carboxylic acids is 2. The molecular formula is C19H17F3N2O5. The minimum Gasteiger partial charge on any atom is -0.387 e. The molecule has 3 saturated heterocycles. The molecule has 1 aromatic rings. The molecule has 0 aromatic heterocycles. The number of carbonyl (C=O) groups is 2. The fourth-order valence-corrected chi connectivity index (χ4v) is 5.18. The Bertz CT molecular complexity index is 965. The number of hydrogen-bond donors (Lipinski definition) is 2. The normalized spacial score (nSPS) is 38.5. The Morgan fingerprint density at radius 2 is 1.59 bits per heavy atom. The lowest BCUT2D eigenvalue weighted by Gasteiger charge is -2.35. The molecule has 0 aliphatic carbocycles. The highest BCUT2D eigenvalue weighted by molar-refractivity contribution is 6.23. The maximum absolute atomic E-state index is 13.5. The second-order valence-electron chi connectivity index (χ2n) is 8.07. The Morgan fingerprint density at radius 1 is 1.10 bits per heavy atom. The molecule has 29 heavy (non-hydrogen) atoms. The number of rotatable bonds is 1. The SMILES string of the molecule is Cc1c(N2C(=O)[C@@H]3[C@H](C2=O)[C@]2(C)O[C@@]3(C)[C@H](O)[C@H]2O)ccc(C#N)c1C(F)(F)F. The van der Waals surface area contributed by atoms with Gasteiger partial charge in [-0.05, 0) is 38.5 Å². The number of amides is 2. The number of imide groups is 1. The summed E-state index contributed by atoms with van der Waals surface area (Å²) >= 11 is 0. The lowest BCUT2D eigenvalue weighted by atomic mass is 9.66. The first-order chi connectivity index (χ1) is 13.3. The first-order valence-corrected chi connectivity index (χ1v) is 8.85. The predicted molar refractivity (Wildman–Crippen MR) is 90.3 cm³/mol. The largest absolute Gasteiger partial charge is 0.418 e. The first-order valence-electron chi connectivity index (χ1n) is 8.85. The summed E-state index contributed by atoms with van der Waals surface area (Å²) in [4.78, 5) is 26.9. The number of halogens is 3. The van der Waals surface area contributed by atoms with E-state index in [1.54, 1.807) is 0 Å². The van der Waals surface area contributed by atoms with E-state index in [1.807, 2.05) is 0 Å². The van der Waals surface area contributed by atoms with Crippen LogP contribution in [-0.2, 0) is 20.5 Å². The van der Waals surface area contributed by atoms with E-state index in [1.165, 1.54) is 19.9 Å². The van der Waals surface area contributed by atoms with E-state index in [-0.39, 0.29) is 5.69 Å². The third-order valence-electron chi connectivity index (χ3n) is 6.54. The molecule has 2 amide bonds. The lowest BCUT2D eigenvalue weighted by molar-refractivity contribution is -0.138. The summed E-state index contributed by atoms with van der Waals surface area (Å²) in [6.07, 6.45) is -7.73. The molecule has 0 radical (unpaired) electrons. The van der Waals surface area contributed by atoms with Crippen molar-refractivity contribution in [2.45, 2.75) is 50.4 Å². The fraction of sp³-hybridized carbons (Fsp3) is 0.526. The van der Waals surface area contributed by atoms with Crippen molar-refractivity contribution in [2.75, 3.05) is 4.90 Å². The van der Waals surface area contributed by atoms with Gasteiger partial charge in [-0.3, -0.25) is 9.59 Å². The smallest absolute Gasteiger partial charge is 0.387 e. The van der Waals surface area contributed by atoms with Crippen LogP contribution in [0.15, 0.2) is 12.1 Å². The van der Waals surface area contributed by atoms with Gasteiger partial charge in [-0.2, -0.15) is 18.4 Å². The summed E-state index contributed by atoms with van der Waals surface area (Å²) in [6, 6.07) is 3.52. The molecule has 10 heteroatoms. The highest BCUT2D eigenvalue weighted by Gasteiger charge is 2.79. The quantitative estimate of drug-likeness (QED) is 0.675. The minimum absolute atomic E-state index is 0.281. The highest BCUT2D eigenvalue weighted by Crippen LogP contribution is 2.61. The molecular weight excluding hydrogens is 393 g/mol. The van der Waals surface area contributed by atoms with Crippen molar-refractivity contribution in [2.24, 2.45) is 11.8 Å². The topological polar surface area (TPSA) is 111 Å². The Kier molecular flexibility index (Phi) is 3.80. The summed E-state index contributed by atoms with van der Waals surface area (Å²) < 4.78 is 46.3. The van der Waals surface area contributed by atoms with E-state index < -0.39 is 69.9 Å². The Hall–Kier alpha value is -2.48. The molecule has 7 nitrogen and oxygen atoms in total. The average Bonchev–Trinajstić information content (AvgIpc) is 3.10. The van der Waals surface area contributed by atoms with Crippen molar-refractivity contribution in [3.8, 4) is 6.07 Å². The Balaban J connectivity index is 1.87. The van der Waals surface area contributed by atoms with Crippen LogP contribution in [-0.4, -0.2) is 45.4 Å². The van der Waals surface area contributed by atoms with Gasteiger partial charge in [0.25, 0.3) is 0 Å². The van der Waals surface area contributed by atoms with E-state index in [2.05, 4.69) is 0 Å². The molecule has 0 saturated carbocycles. The summed E-state index contributed by atoms with van der Waals surface area (Å²) in [5.74, 6) is -3.92. The summed E-state index contributed by atoms with van der Waals surface area (Å²) in [5.41, 5.74) is -5.64. The molecule has 3 aliphatic heterocycles. The second kappa shape index (κ2) is 5.56. The van der Waals surface area contributed by atoms with Gasteiger partial charge in [-0.15, -0.1) is 0 Å². The van der Waals surface area contributed by atoms with Gasteiger partial charge >= 0.3 is 6.18 Å². The van der Waals surface area contributed by atoms with Crippen LogP contribution in [0.2, 0.25) is 0 Å². The number of hydrogen-bond acceptors (Lipinski definition) is 6. The van der Waals surface area contributed by atoms with E-state index >= 15 is 0 Å². The van der Waals surface area contributed by atoms with Crippen LogP contribution in [0.3, 0.4) is 0 Å². The van der Waals surface area contributed by atoms with Crippen molar-refractivity contribution < 1.29 is 37.7 Å². The van der Waals surface area contributed by atoms with Crippen LogP contribution in [0.25, 0.3) is 0 Å².